The highest BCUT2D eigenvalue weighted by atomic mass is 32.1. The quantitative estimate of drug-likeness (QED) is 0.181. The van der Waals surface area contributed by atoms with Crippen LogP contribution < -0.4 is 0 Å². The van der Waals surface area contributed by atoms with Gasteiger partial charge in [-0.3, -0.25) is 9.97 Å². The van der Waals surface area contributed by atoms with E-state index in [0.29, 0.717) is 0 Å². The fourth-order valence-corrected chi connectivity index (χ4v) is 10.8. The zero-order valence-corrected chi connectivity index (χ0v) is 30.4. The van der Waals surface area contributed by atoms with Gasteiger partial charge in [0.1, 0.15) is 0 Å². The molecule has 0 N–H and O–H groups in total. The Morgan fingerprint density at radius 1 is 0.291 bits per heavy atom. The first-order valence-corrected chi connectivity index (χ1v) is 19.5. The van der Waals surface area contributed by atoms with Crippen molar-refractivity contribution in [1.82, 2.24) is 9.97 Å². The number of pyridine rings is 2. The minimum absolute atomic E-state index is 1.17. The molecule has 0 unspecified atom stereocenters. The van der Waals surface area contributed by atoms with E-state index in [1.807, 2.05) is 36.1 Å². The smallest absolute Gasteiger partial charge is 0.0446 e. The molecule has 3 aromatic heterocycles. The molecule has 2 nitrogen and oxygen atoms in total. The Hall–Kier alpha value is -6.94. The van der Waals surface area contributed by atoms with E-state index < -0.39 is 0 Å². The lowest BCUT2D eigenvalue weighted by Gasteiger charge is -2.20. The van der Waals surface area contributed by atoms with Gasteiger partial charge in [0.05, 0.1) is 0 Å². The first kappa shape index (κ1) is 30.5. The summed E-state index contributed by atoms with van der Waals surface area (Å²) in [6.07, 6.45) is 7.64. The Labute approximate surface area is 321 Å². The van der Waals surface area contributed by atoms with Crippen LogP contribution in [0, 0.1) is 0 Å². The van der Waals surface area contributed by atoms with Gasteiger partial charge in [0.25, 0.3) is 0 Å². The molecule has 55 heavy (non-hydrogen) atoms. The maximum Gasteiger partial charge on any atom is 0.0446 e. The molecule has 3 heteroatoms. The Bertz CT molecular complexity index is 3260. The molecule has 0 saturated carbocycles. The predicted octanol–water partition coefficient (Wildman–Crippen LogP) is 14.6. The van der Waals surface area contributed by atoms with Crippen molar-refractivity contribution < 1.29 is 0 Å². The lowest BCUT2D eigenvalue weighted by atomic mass is 9.83. The van der Waals surface area contributed by atoms with Crippen LogP contribution in [0.4, 0.5) is 0 Å². The van der Waals surface area contributed by atoms with Gasteiger partial charge in [-0.1, -0.05) is 127 Å². The van der Waals surface area contributed by atoms with E-state index >= 15 is 0 Å². The van der Waals surface area contributed by atoms with Gasteiger partial charge in [-0.15, -0.1) is 11.3 Å². The van der Waals surface area contributed by atoms with Crippen LogP contribution in [-0.2, 0) is 0 Å². The Kier molecular flexibility index (Phi) is 6.54. The summed E-state index contributed by atoms with van der Waals surface area (Å²) in [5.41, 5.74) is 15.1. The van der Waals surface area contributed by atoms with E-state index in [1.54, 1.807) is 0 Å². The van der Waals surface area contributed by atoms with Gasteiger partial charge < -0.3 is 0 Å². The third-order valence-electron chi connectivity index (χ3n) is 11.6. The monoisotopic (exact) mass is 714 g/mol. The molecule has 11 aromatic rings. The van der Waals surface area contributed by atoms with Crippen LogP contribution in [0.5, 0.6) is 0 Å². The highest BCUT2D eigenvalue weighted by molar-refractivity contribution is 7.26. The first-order valence-electron chi connectivity index (χ1n) is 18.7. The standard InChI is InChI=1S/C52H30N2S/c1-2-11-31(12-3-1)46-36-15-6-7-16-38(36)48(52-51(46)40-17-8-9-20-43(40)55-52)39-21-22-42-47-37(39)18-10-19-41(47)49-44(32-23-27-53-28-24-32)34-13-4-5-14-35(34)45(50(42)49)33-25-29-54-30-26-33/h1-30H. The fourth-order valence-electron chi connectivity index (χ4n) is 9.47. The van der Waals surface area contributed by atoms with E-state index in [9.17, 15) is 0 Å². The molecule has 3 heterocycles. The van der Waals surface area contributed by atoms with Gasteiger partial charge in [-0.25, -0.2) is 0 Å². The molecule has 254 valence electrons. The lowest BCUT2D eigenvalue weighted by molar-refractivity contribution is 1.33. The van der Waals surface area contributed by atoms with Crippen molar-refractivity contribution >= 4 is 63.8 Å². The largest absolute Gasteiger partial charge is 0.265 e. The number of rotatable bonds is 4. The number of hydrogen-bond donors (Lipinski definition) is 0. The van der Waals surface area contributed by atoms with Gasteiger partial charge >= 0.3 is 0 Å². The molecular formula is C52H30N2S. The summed E-state index contributed by atoms with van der Waals surface area (Å²) >= 11 is 1.92. The topological polar surface area (TPSA) is 25.8 Å². The highest BCUT2D eigenvalue weighted by Gasteiger charge is 2.32. The van der Waals surface area contributed by atoms with Crippen LogP contribution in [-0.4, -0.2) is 9.97 Å². The Morgan fingerprint density at radius 2 is 0.764 bits per heavy atom. The summed E-state index contributed by atoms with van der Waals surface area (Å²) in [7, 11) is 0. The van der Waals surface area contributed by atoms with Crippen molar-refractivity contribution in [3.63, 3.8) is 0 Å². The molecule has 1 aliphatic carbocycles. The van der Waals surface area contributed by atoms with Crippen LogP contribution in [0.15, 0.2) is 183 Å². The number of fused-ring (bicyclic) bond motifs is 8. The zero-order valence-electron chi connectivity index (χ0n) is 29.6. The van der Waals surface area contributed by atoms with Crippen molar-refractivity contribution in [2.75, 3.05) is 0 Å². The van der Waals surface area contributed by atoms with Crippen LogP contribution >= 0.6 is 11.3 Å². The molecule has 1 aliphatic rings. The molecule has 12 rings (SSSR count). The fraction of sp³-hybridized carbons (Fsp3) is 0. The molecule has 0 radical (unpaired) electrons. The second kappa shape index (κ2) is 11.8. The third kappa shape index (κ3) is 4.30. The molecule has 0 bridgehead atoms. The molecule has 8 aromatic carbocycles. The summed E-state index contributed by atoms with van der Waals surface area (Å²) in [4.78, 5) is 8.84. The summed E-state index contributed by atoms with van der Waals surface area (Å²) in [5.74, 6) is 0. The van der Waals surface area contributed by atoms with Crippen LogP contribution in [0.1, 0.15) is 0 Å². The summed E-state index contributed by atoms with van der Waals surface area (Å²) in [6.45, 7) is 0. The zero-order chi connectivity index (χ0) is 36.0. The average molecular weight is 715 g/mol. The number of benzene rings is 8. The number of aromatic nitrogens is 2. The summed E-state index contributed by atoms with van der Waals surface area (Å²) < 4.78 is 2.64. The molecule has 0 amide bonds. The number of hydrogen-bond acceptors (Lipinski definition) is 3. The maximum atomic E-state index is 4.42. The van der Waals surface area contributed by atoms with E-state index in [1.165, 1.54) is 119 Å². The van der Waals surface area contributed by atoms with Crippen molar-refractivity contribution in [3.8, 4) is 66.8 Å². The minimum atomic E-state index is 1.17. The second-order valence-corrected chi connectivity index (χ2v) is 15.4. The summed E-state index contributed by atoms with van der Waals surface area (Å²) in [5, 5.41) is 10.2. The van der Waals surface area contributed by atoms with Gasteiger partial charge in [0.2, 0.25) is 0 Å². The molecular weight excluding hydrogens is 685 g/mol. The first-order chi connectivity index (χ1) is 27.3. The van der Waals surface area contributed by atoms with Crippen molar-refractivity contribution in [3.05, 3.63) is 183 Å². The van der Waals surface area contributed by atoms with E-state index in [2.05, 4.69) is 168 Å². The molecule has 0 spiro atoms. The molecule has 0 atom stereocenters. The van der Waals surface area contributed by atoms with E-state index in [-0.39, 0.29) is 0 Å². The maximum absolute atomic E-state index is 4.42. The lowest BCUT2D eigenvalue weighted by Crippen LogP contribution is -1.93. The van der Waals surface area contributed by atoms with Crippen molar-refractivity contribution in [2.24, 2.45) is 0 Å². The van der Waals surface area contributed by atoms with Gasteiger partial charge in [-0.2, -0.15) is 0 Å². The van der Waals surface area contributed by atoms with E-state index in [0.717, 1.165) is 0 Å². The van der Waals surface area contributed by atoms with E-state index in [4.69, 9.17) is 0 Å². The van der Waals surface area contributed by atoms with Gasteiger partial charge in [-0.05, 0) is 124 Å². The van der Waals surface area contributed by atoms with Crippen molar-refractivity contribution in [2.45, 2.75) is 0 Å². The molecule has 0 aliphatic heterocycles. The third-order valence-corrected chi connectivity index (χ3v) is 12.8. The van der Waals surface area contributed by atoms with Crippen LogP contribution in [0.3, 0.4) is 0 Å². The average Bonchev–Trinajstić information content (AvgIpc) is 3.80. The second-order valence-electron chi connectivity index (χ2n) is 14.4. The normalized spacial score (nSPS) is 12.0. The van der Waals surface area contributed by atoms with Gasteiger partial charge in [0, 0.05) is 50.5 Å². The van der Waals surface area contributed by atoms with Crippen molar-refractivity contribution in [1.29, 1.82) is 0 Å². The minimum Gasteiger partial charge on any atom is -0.265 e. The summed E-state index contributed by atoms with van der Waals surface area (Å²) in [6, 6.07) is 58.2. The molecule has 0 saturated heterocycles. The number of nitrogens with zero attached hydrogens (tertiary/aromatic N) is 2. The SMILES string of the molecule is c1ccc(-c2c3ccccc3c(-c3ccc4c5c(cccc35)-c3c-4c(-c4ccncc4)c4ccccc4c3-c3ccncc3)c3sc4ccccc4c23)cc1. The number of thiophene rings is 1. The van der Waals surface area contributed by atoms with Crippen LogP contribution in [0.2, 0.25) is 0 Å². The Morgan fingerprint density at radius 3 is 1.40 bits per heavy atom. The van der Waals surface area contributed by atoms with Gasteiger partial charge in [0.15, 0.2) is 0 Å². The Balaban J connectivity index is 1.25. The molecule has 0 fully saturated rings. The highest BCUT2D eigenvalue weighted by Crippen LogP contribution is 2.59. The van der Waals surface area contributed by atoms with Crippen LogP contribution in [0.25, 0.3) is 119 Å². The predicted molar refractivity (Wildman–Crippen MR) is 234 cm³/mol.